The van der Waals surface area contributed by atoms with Crippen LogP contribution in [0, 0.1) is 0 Å². The third kappa shape index (κ3) is 9.08. The van der Waals surface area contributed by atoms with Crippen molar-refractivity contribution in [3.63, 3.8) is 0 Å². The highest BCUT2D eigenvalue weighted by molar-refractivity contribution is 6.05. The van der Waals surface area contributed by atoms with Gasteiger partial charge in [0, 0.05) is 44.5 Å². The molecule has 10 heteroatoms. The lowest BCUT2D eigenvalue weighted by molar-refractivity contribution is 1.05. The molecule has 0 saturated heterocycles. The topological polar surface area (TPSA) is 110 Å². The van der Waals surface area contributed by atoms with E-state index in [1.165, 1.54) is 0 Å². The van der Waals surface area contributed by atoms with Crippen LogP contribution in [0.25, 0.3) is 102 Å². The van der Waals surface area contributed by atoms with Crippen LogP contribution in [0.5, 0.6) is 0 Å². The van der Waals surface area contributed by atoms with Crippen LogP contribution in [0.1, 0.15) is 0 Å². The molecule has 0 radical (unpaired) electrons. The molecule has 14 rings (SSSR count). The number of rotatable bonds is 11. The van der Waals surface area contributed by atoms with E-state index in [1.54, 1.807) is 0 Å². The van der Waals surface area contributed by atoms with Gasteiger partial charge in [0.2, 0.25) is 5.95 Å². The average Bonchev–Trinajstić information content (AvgIpc) is 3.65. The van der Waals surface area contributed by atoms with Crippen molar-refractivity contribution in [3.8, 4) is 102 Å². The second-order valence-corrected chi connectivity index (χ2v) is 19.2. The van der Waals surface area contributed by atoms with Crippen molar-refractivity contribution >= 4 is 34.4 Å². The van der Waals surface area contributed by atoms with Crippen molar-refractivity contribution < 1.29 is 0 Å². The van der Waals surface area contributed by atoms with Gasteiger partial charge in [-0.25, -0.2) is 39.9 Å². The van der Waals surface area contributed by atoms with E-state index in [1.807, 2.05) is 164 Å². The zero-order valence-corrected chi connectivity index (χ0v) is 43.0. The summed E-state index contributed by atoms with van der Waals surface area (Å²) in [6.45, 7) is 0. The molecule has 0 atom stereocenters. The first-order valence-electron chi connectivity index (χ1n) is 26.4. The summed E-state index contributed by atoms with van der Waals surface area (Å²) in [5.41, 5.74) is 14.6. The smallest absolute Gasteiger partial charge is 0.235 e. The molecule has 0 N–H and O–H groups in total. The summed E-state index contributed by atoms with van der Waals surface area (Å²) in [5, 5.41) is 0. The van der Waals surface area contributed by atoms with E-state index in [4.69, 9.17) is 39.9 Å². The third-order valence-electron chi connectivity index (χ3n) is 14.1. The van der Waals surface area contributed by atoms with Crippen molar-refractivity contribution in [3.05, 3.63) is 279 Å². The van der Waals surface area contributed by atoms with Gasteiger partial charge in [-0.2, -0.15) is 0 Å². The molecule has 4 heterocycles. The predicted octanol–water partition coefficient (Wildman–Crippen LogP) is 17.1. The van der Waals surface area contributed by atoms with Gasteiger partial charge < -0.3 is 4.90 Å². The SMILES string of the molecule is c1ccc(-c2cc(-c3ccccc3)nc(N3c4ccccc4N(c4cc(-c5ccccc5)c(-c5nc(-c6ccccc6)nc(-c6ccccc6)n5)cc4-c4nc(-c5ccccc5)nc(-c5ccccc5)n4)c4ccccc43)n2)cc1. The molecule has 0 saturated carbocycles. The highest BCUT2D eigenvalue weighted by Gasteiger charge is 2.35. The van der Waals surface area contributed by atoms with Crippen LogP contribution < -0.4 is 9.80 Å². The Labute approximate surface area is 462 Å². The Hall–Kier alpha value is -11.1. The molecule has 10 nitrogen and oxygen atoms in total. The molecule has 1 aliphatic heterocycles. The fourth-order valence-corrected chi connectivity index (χ4v) is 10.3. The second-order valence-electron chi connectivity index (χ2n) is 19.2. The molecule has 0 spiro atoms. The molecule has 0 aliphatic carbocycles. The first-order chi connectivity index (χ1) is 39.7. The fourth-order valence-electron chi connectivity index (χ4n) is 10.3. The molecule has 0 fully saturated rings. The molecule has 3 aromatic heterocycles. The summed E-state index contributed by atoms with van der Waals surface area (Å²) in [6, 6.07) is 94.6. The number of benzene rings is 10. The maximum Gasteiger partial charge on any atom is 0.235 e. The lowest BCUT2D eigenvalue weighted by atomic mass is 9.93. The van der Waals surface area contributed by atoms with Crippen LogP contribution >= 0.6 is 0 Å². The van der Waals surface area contributed by atoms with Crippen LogP contribution in [0.3, 0.4) is 0 Å². The van der Waals surface area contributed by atoms with Gasteiger partial charge in [-0.05, 0) is 53.6 Å². The lowest BCUT2D eigenvalue weighted by Crippen LogP contribution is -2.26. The number of nitrogens with zero attached hydrogens (tertiary/aromatic N) is 10. The quantitative estimate of drug-likeness (QED) is 0.124. The van der Waals surface area contributed by atoms with E-state index in [9.17, 15) is 0 Å². The van der Waals surface area contributed by atoms with Crippen LogP contribution in [-0.2, 0) is 0 Å². The van der Waals surface area contributed by atoms with E-state index in [-0.39, 0.29) is 0 Å². The van der Waals surface area contributed by atoms with Gasteiger partial charge in [-0.3, -0.25) is 4.90 Å². The monoisotopic (exact) mass is 1030 g/mol. The summed E-state index contributed by atoms with van der Waals surface area (Å²) < 4.78 is 0. The van der Waals surface area contributed by atoms with Gasteiger partial charge in [0.05, 0.1) is 39.8 Å². The molecule has 376 valence electrons. The first kappa shape index (κ1) is 47.4. The van der Waals surface area contributed by atoms with E-state index in [0.717, 1.165) is 89.9 Å². The van der Waals surface area contributed by atoms with Crippen molar-refractivity contribution in [1.29, 1.82) is 0 Å². The normalized spacial score (nSPS) is 11.7. The van der Waals surface area contributed by atoms with Crippen LogP contribution in [0.15, 0.2) is 279 Å². The van der Waals surface area contributed by atoms with Gasteiger partial charge in [0.15, 0.2) is 34.9 Å². The molecule has 13 aromatic rings. The summed E-state index contributed by atoms with van der Waals surface area (Å²) in [6.07, 6.45) is 0. The van der Waals surface area contributed by atoms with Crippen molar-refractivity contribution in [2.24, 2.45) is 0 Å². The minimum Gasteiger partial charge on any atom is -0.306 e. The second kappa shape index (κ2) is 20.8. The van der Waals surface area contributed by atoms with Crippen molar-refractivity contribution in [2.75, 3.05) is 9.80 Å². The Morgan fingerprint density at radius 2 is 0.475 bits per heavy atom. The van der Waals surface area contributed by atoms with Crippen molar-refractivity contribution in [2.45, 2.75) is 0 Å². The largest absolute Gasteiger partial charge is 0.306 e. The van der Waals surface area contributed by atoms with E-state index < -0.39 is 0 Å². The summed E-state index contributed by atoms with van der Waals surface area (Å²) >= 11 is 0. The van der Waals surface area contributed by atoms with E-state index >= 15 is 0 Å². The maximum atomic E-state index is 5.44. The third-order valence-corrected chi connectivity index (χ3v) is 14.1. The Bertz CT molecular complexity index is 4120. The highest BCUT2D eigenvalue weighted by atomic mass is 15.3. The number of fused-ring (bicyclic) bond motifs is 2. The summed E-state index contributed by atoms with van der Waals surface area (Å²) in [5.74, 6) is 3.62. The van der Waals surface area contributed by atoms with Crippen LogP contribution in [0.4, 0.5) is 34.4 Å². The number of aromatic nitrogens is 8. The van der Waals surface area contributed by atoms with Gasteiger partial charge in [0.1, 0.15) is 0 Å². The molecular formula is C70H46N10. The van der Waals surface area contributed by atoms with Gasteiger partial charge in [-0.1, -0.05) is 237 Å². The zero-order valence-electron chi connectivity index (χ0n) is 43.0. The highest BCUT2D eigenvalue weighted by Crippen LogP contribution is 2.56. The summed E-state index contributed by atoms with van der Waals surface area (Å²) in [7, 11) is 0. The minimum absolute atomic E-state index is 0.456. The molecule has 0 amide bonds. The number of hydrogen-bond acceptors (Lipinski definition) is 10. The molecule has 10 aromatic carbocycles. The predicted molar refractivity (Wildman–Crippen MR) is 321 cm³/mol. The van der Waals surface area contributed by atoms with Gasteiger partial charge >= 0.3 is 0 Å². The minimum atomic E-state index is 0.456. The molecule has 0 bridgehead atoms. The Kier molecular flexibility index (Phi) is 12.3. The fraction of sp³-hybridized carbons (Fsp3) is 0. The molecule has 80 heavy (non-hydrogen) atoms. The molecular weight excluding hydrogens is 981 g/mol. The maximum absolute atomic E-state index is 5.44. The van der Waals surface area contributed by atoms with E-state index in [2.05, 4.69) is 125 Å². The average molecular weight is 1030 g/mol. The van der Waals surface area contributed by atoms with Gasteiger partial charge in [0.25, 0.3) is 0 Å². The standard InChI is InChI=1S/C70H46N10/c1-8-26-47(27-9-1)54-45-63(79-59-40-22-24-42-61(59)80(62-43-25-23-41-60(62)79)70-71-57(48-28-10-2-11-29-48)46-58(72-70)49-30-12-3-13-31-49)56(69-77-66(52-36-18-6-19-37-52)74-67(78-69)53-38-20-7-21-39-53)44-55(54)68-75-64(50-32-14-4-15-33-50)73-65(76-68)51-34-16-5-17-35-51/h1-46H. The number of hydrogen-bond donors (Lipinski definition) is 0. The molecule has 1 aliphatic rings. The molecule has 0 unspecified atom stereocenters. The Morgan fingerprint density at radius 1 is 0.188 bits per heavy atom. The number of para-hydroxylation sites is 4. The van der Waals surface area contributed by atoms with Crippen molar-refractivity contribution in [1.82, 2.24) is 39.9 Å². The van der Waals surface area contributed by atoms with Gasteiger partial charge in [-0.15, -0.1) is 0 Å². The lowest BCUT2D eigenvalue weighted by Gasteiger charge is -2.40. The van der Waals surface area contributed by atoms with Crippen LogP contribution in [0.2, 0.25) is 0 Å². The number of anilines is 6. The van der Waals surface area contributed by atoms with Crippen LogP contribution in [-0.4, -0.2) is 39.9 Å². The zero-order chi connectivity index (χ0) is 53.2. The van der Waals surface area contributed by atoms with E-state index in [0.29, 0.717) is 46.5 Å². The Morgan fingerprint density at radius 3 is 0.838 bits per heavy atom. The Balaban J connectivity index is 1.07. The summed E-state index contributed by atoms with van der Waals surface area (Å²) in [4.78, 5) is 47.2. The first-order valence-corrected chi connectivity index (χ1v) is 26.4.